The van der Waals surface area contributed by atoms with Gasteiger partial charge in [-0.05, 0) is 68.4 Å². The van der Waals surface area contributed by atoms with Crippen LogP contribution in [-0.2, 0) is 5.41 Å². The zero-order valence-corrected chi connectivity index (χ0v) is 14.3. The van der Waals surface area contributed by atoms with Gasteiger partial charge in [-0.3, -0.25) is 4.98 Å². The number of rotatable bonds is 5. The molecule has 0 bridgehead atoms. The van der Waals surface area contributed by atoms with Crippen LogP contribution in [0, 0.1) is 0 Å². The van der Waals surface area contributed by atoms with Crippen LogP contribution in [0.1, 0.15) is 49.9 Å². The van der Waals surface area contributed by atoms with Gasteiger partial charge >= 0.3 is 0 Å². The Bertz CT molecular complexity index is 736. The molecule has 0 unspecified atom stereocenters. The average molecular weight is 338 g/mol. The van der Waals surface area contributed by atoms with E-state index in [0.717, 1.165) is 30.0 Å². The molecule has 2 heterocycles. The van der Waals surface area contributed by atoms with E-state index < -0.39 is 6.17 Å². The summed E-state index contributed by atoms with van der Waals surface area (Å²) in [6.07, 6.45) is 9.03. The quantitative estimate of drug-likeness (QED) is 0.882. The normalized spacial score (nSPS) is 25.8. The van der Waals surface area contributed by atoms with Crippen LogP contribution in [0.25, 0.3) is 5.57 Å². The first-order chi connectivity index (χ1) is 12.3. The van der Waals surface area contributed by atoms with Gasteiger partial charge in [0.15, 0.2) is 0 Å². The lowest BCUT2D eigenvalue weighted by molar-refractivity contribution is 0.0996. The Kier molecular flexibility index (Phi) is 4.47. The molecule has 2 aliphatic rings. The highest BCUT2D eigenvalue weighted by Gasteiger charge is 2.46. The zero-order valence-electron chi connectivity index (χ0n) is 14.3. The Labute approximate surface area is 147 Å². The Morgan fingerprint density at radius 1 is 1.12 bits per heavy atom. The molecule has 2 aromatic rings. The van der Waals surface area contributed by atoms with Gasteiger partial charge in [0.1, 0.15) is 12.0 Å². The summed E-state index contributed by atoms with van der Waals surface area (Å²) in [6, 6.07) is 9.83. The van der Waals surface area contributed by atoms with Crippen molar-refractivity contribution in [3.63, 3.8) is 0 Å². The number of alkyl halides is 1. The van der Waals surface area contributed by atoms with Gasteiger partial charge in [-0.1, -0.05) is 12.1 Å². The molecule has 4 rings (SSSR count). The molecule has 1 fully saturated rings. The maximum Gasteiger partial charge on any atom is 0.148 e. The number of pyridine rings is 1. The monoisotopic (exact) mass is 338 g/mol. The minimum atomic E-state index is -0.740. The molecule has 0 amide bonds. The zero-order chi connectivity index (χ0) is 17.1. The van der Waals surface area contributed by atoms with Crippen molar-refractivity contribution in [2.45, 2.75) is 50.1 Å². The Morgan fingerprint density at radius 2 is 2.04 bits per heavy atom. The Balaban J connectivity index is 1.44. The minimum absolute atomic E-state index is 0.243. The van der Waals surface area contributed by atoms with Crippen LogP contribution in [0.5, 0.6) is 0 Å². The molecule has 2 aliphatic carbocycles. The van der Waals surface area contributed by atoms with E-state index in [2.05, 4.69) is 26.6 Å². The maximum atomic E-state index is 13.6. The van der Waals surface area contributed by atoms with E-state index in [-0.39, 0.29) is 5.41 Å². The average Bonchev–Trinajstić information content (AvgIpc) is 2.66. The second-order valence-corrected chi connectivity index (χ2v) is 7.13. The van der Waals surface area contributed by atoms with E-state index in [1.54, 1.807) is 6.20 Å². The number of hydrogen-bond acceptors (Lipinski definition) is 4. The topological polar surface area (TPSA) is 50.7 Å². The summed E-state index contributed by atoms with van der Waals surface area (Å²) in [5.41, 5.74) is 2.98. The molecule has 0 aliphatic heterocycles. The molecular weight excluding hydrogens is 315 g/mol. The lowest BCUT2D eigenvalue weighted by Gasteiger charge is -2.43. The first-order valence-electron chi connectivity index (χ1n) is 9.08. The summed E-state index contributed by atoms with van der Waals surface area (Å²) >= 11 is 0. The summed E-state index contributed by atoms with van der Waals surface area (Å²) in [5, 5.41) is 12.0. The highest BCUT2D eigenvalue weighted by atomic mass is 19.1. The van der Waals surface area contributed by atoms with Crippen molar-refractivity contribution in [1.82, 2.24) is 15.2 Å². The lowest BCUT2D eigenvalue weighted by Crippen LogP contribution is -2.48. The van der Waals surface area contributed by atoms with E-state index in [1.165, 1.54) is 18.4 Å². The molecule has 0 radical (unpaired) electrons. The van der Waals surface area contributed by atoms with Gasteiger partial charge in [0.25, 0.3) is 0 Å². The summed E-state index contributed by atoms with van der Waals surface area (Å²) < 4.78 is 13.6. The minimum Gasteiger partial charge on any atom is -0.368 e. The van der Waals surface area contributed by atoms with Crippen LogP contribution in [0.2, 0.25) is 0 Å². The molecule has 25 heavy (non-hydrogen) atoms. The SMILES string of the molecule is FC1CC(CNc2ccc(C3=CCCCC3)nn2)(c2ccccn2)C1. The maximum absolute atomic E-state index is 13.6. The lowest BCUT2D eigenvalue weighted by atomic mass is 9.65. The first kappa shape index (κ1) is 16.2. The second kappa shape index (κ2) is 6.90. The van der Waals surface area contributed by atoms with Crippen LogP contribution in [0.3, 0.4) is 0 Å². The van der Waals surface area contributed by atoms with E-state index in [4.69, 9.17) is 0 Å². The number of hydrogen-bond donors (Lipinski definition) is 1. The van der Waals surface area contributed by atoms with Gasteiger partial charge in [-0.2, -0.15) is 0 Å². The number of nitrogens with zero attached hydrogens (tertiary/aromatic N) is 3. The highest BCUT2D eigenvalue weighted by molar-refractivity contribution is 5.63. The van der Waals surface area contributed by atoms with Gasteiger partial charge in [0.05, 0.1) is 5.69 Å². The van der Waals surface area contributed by atoms with Crippen molar-refractivity contribution in [3.05, 3.63) is 54.0 Å². The molecule has 0 saturated heterocycles. The third kappa shape index (κ3) is 3.41. The Hall–Kier alpha value is -2.30. The van der Waals surface area contributed by atoms with Crippen molar-refractivity contribution >= 4 is 11.4 Å². The molecule has 0 aromatic carbocycles. The van der Waals surface area contributed by atoms with Crippen LogP contribution < -0.4 is 5.32 Å². The van der Waals surface area contributed by atoms with Gasteiger partial charge in [-0.15, -0.1) is 10.2 Å². The number of halogens is 1. The molecule has 1 N–H and O–H groups in total. The van der Waals surface area contributed by atoms with Gasteiger partial charge in [0, 0.05) is 23.9 Å². The molecule has 0 spiro atoms. The third-order valence-electron chi connectivity index (χ3n) is 5.33. The van der Waals surface area contributed by atoms with Crippen molar-refractivity contribution in [2.24, 2.45) is 0 Å². The van der Waals surface area contributed by atoms with E-state index in [1.807, 2.05) is 30.3 Å². The number of aromatic nitrogens is 3. The van der Waals surface area contributed by atoms with Crippen molar-refractivity contribution < 1.29 is 4.39 Å². The van der Waals surface area contributed by atoms with E-state index >= 15 is 0 Å². The first-order valence-corrected chi connectivity index (χ1v) is 9.08. The van der Waals surface area contributed by atoms with E-state index in [9.17, 15) is 4.39 Å². The van der Waals surface area contributed by atoms with Crippen LogP contribution in [0.4, 0.5) is 10.2 Å². The summed E-state index contributed by atoms with van der Waals surface area (Å²) in [7, 11) is 0. The standard InChI is InChI=1S/C20H23FN4/c21-16-12-20(13-16,18-8-4-5-11-22-18)14-23-19-10-9-17(24-25-19)15-6-2-1-3-7-15/h4-6,8-11,16H,1-3,7,12-14H2,(H,23,25). The third-order valence-corrected chi connectivity index (χ3v) is 5.33. The molecule has 4 nitrogen and oxygen atoms in total. The second-order valence-electron chi connectivity index (χ2n) is 7.13. The van der Waals surface area contributed by atoms with Crippen LogP contribution >= 0.6 is 0 Å². The summed E-state index contributed by atoms with van der Waals surface area (Å²) in [4.78, 5) is 4.44. The number of nitrogens with one attached hydrogen (secondary N) is 1. The fraction of sp³-hybridized carbons (Fsp3) is 0.450. The smallest absolute Gasteiger partial charge is 0.148 e. The summed E-state index contributed by atoms with van der Waals surface area (Å²) in [6.45, 7) is 0.626. The predicted octanol–water partition coefficient (Wildman–Crippen LogP) is 4.31. The van der Waals surface area contributed by atoms with Crippen LogP contribution in [0.15, 0.2) is 42.6 Å². The van der Waals surface area contributed by atoms with Crippen LogP contribution in [-0.4, -0.2) is 27.9 Å². The highest BCUT2D eigenvalue weighted by Crippen LogP contribution is 2.44. The predicted molar refractivity (Wildman–Crippen MR) is 97.0 cm³/mol. The number of allylic oxidation sites excluding steroid dienone is 2. The van der Waals surface area contributed by atoms with Crippen molar-refractivity contribution in [2.75, 3.05) is 11.9 Å². The van der Waals surface area contributed by atoms with Gasteiger partial charge in [-0.25, -0.2) is 4.39 Å². The molecular formula is C20H23FN4. The summed E-state index contributed by atoms with van der Waals surface area (Å²) in [5.74, 6) is 0.734. The largest absolute Gasteiger partial charge is 0.368 e. The van der Waals surface area contributed by atoms with Gasteiger partial charge in [0.2, 0.25) is 0 Å². The molecule has 0 atom stereocenters. The molecule has 1 saturated carbocycles. The molecule has 5 heteroatoms. The van der Waals surface area contributed by atoms with E-state index in [0.29, 0.717) is 19.4 Å². The van der Waals surface area contributed by atoms with Crippen molar-refractivity contribution in [1.29, 1.82) is 0 Å². The van der Waals surface area contributed by atoms with Gasteiger partial charge < -0.3 is 5.32 Å². The number of anilines is 1. The fourth-order valence-electron chi connectivity index (χ4n) is 3.84. The molecule has 130 valence electrons. The molecule has 2 aromatic heterocycles. The van der Waals surface area contributed by atoms with Crippen molar-refractivity contribution in [3.8, 4) is 0 Å². The fourth-order valence-corrected chi connectivity index (χ4v) is 3.84. The Morgan fingerprint density at radius 3 is 2.68 bits per heavy atom.